The Morgan fingerprint density at radius 1 is 1.29 bits per heavy atom. The van der Waals surface area contributed by atoms with Crippen LogP contribution in [0.5, 0.6) is 0 Å². The fourth-order valence-electron chi connectivity index (χ4n) is 2.21. The van der Waals surface area contributed by atoms with E-state index in [1.165, 1.54) is 16.5 Å². The van der Waals surface area contributed by atoms with Gasteiger partial charge in [-0.3, -0.25) is 0 Å². The maximum atomic E-state index is 9.40. The second-order valence-electron chi connectivity index (χ2n) is 4.18. The minimum Gasteiger partial charge on any atom is -0.395 e. The number of fused-ring (bicyclic) bond motifs is 1. The molecule has 3 rings (SSSR count). The zero-order chi connectivity index (χ0) is 9.60. The van der Waals surface area contributed by atoms with Crippen LogP contribution in [0.15, 0.2) is 30.5 Å². The summed E-state index contributed by atoms with van der Waals surface area (Å²) in [6.45, 7) is 0.275. The van der Waals surface area contributed by atoms with Crippen LogP contribution in [0.2, 0.25) is 0 Å². The molecule has 14 heavy (non-hydrogen) atoms. The quantitative estimate of drug-likeness (QED) is 0.742. The molecular weight excluding hydrogens is 174 g/mol. The maximum absolute atomic E-state index is 9.40. The van der Waals surface area contributed by atoms with Gasteiger partial charge in [0.1, 0.15) is 0 Å². The second kappa shape index (κ2) is 2.61. The number of nitrogens with one attached hydrogen (secondary N) is 1. The third kappa shape index (κ3) is 0.946. The van der Waals surface area contributed by atoms with Crippen LogP contribution in [-0.2, 0) is 5.41 Å². The Balaban J connectivity index is 2.25. The van der Waals surface area contributed by atoms with Crippen molar-refractivity contribution in [2.75, 3.05) is 6.61 Å². The van der Waals surface area contributed by atoms with Crippen molar-refractivity contribution in [3.8, 4) is 0 Å². The molecule has 0 aliphatic heterocycles. The largest absolute Gasteiger partial charge is 0.395 e. The SMILES string of the molecule is OCC1(c2cccc3[nH]ccc23)CC1. The molecule has 1 aromatic heterocycles. The average Bonchev–Trinajstić information content (AvgIpc) is 2.87. The number of H-pyrrole nitrogens is 1. The molecular formula is C12H13NO. The number of benzene rings is 1. The molecule has 1 heterocycles. The summed E-state index contributed by atoms with van der Waals surface area (Å²) in [6, 6.07) is 8.37. The summed E-state index contributed by atoms with van der Waals surface area (Å²) in [7, 11) is 0. The van der Waals surface area contributed by atoms with Gasteiger partial charge < -0.3 is 10.1 Å². The van der Waals surface area contributed by atoms with Crippen LogP contribution in [0.25, 0.3) is 10.9 Å². The Bertz CT molecular complexity index is 468. The van der Waals surface area contributed by atoms with Crippen LogP contribution in [0.3, 0.4) is 0 Å². The molecule has 0 radical (unpaired) electrons. The highest BCUT2D eigenvalue weighted by molar-refractivity contribution is 5.84. The smallest absolute Gasteiger partial charge is 0.0528 e. The van der Waals surface area contributed by atoms with Gasteiger partial charge in [0.25, 0.3) is 0 Å². The number of aliphatic hydroxyl groups excluding tert-OH is 1. The van der Waals surface area contributed by atoms with E-state index in [0.29, 0.717) is 0 Å². The van der Waals surface area contributed by atoms with E-state index in [2.05, 4.69) is 29.2 Å². The molecule has 0 spiro atoms. The van der Waals surface area contributed by atoms with E-state index >= 15 is 0 Å². The molecule has 1 saturated carbocycles. The second-order valence-corrected chi connectivity index (χ2v) is 4.18. The Labute approximate surface area is 82.6 Å². The maximum Gasteiger partial charge on any atom is 0.0528 e. The van der Waals surface area contributed by atoms with Crippen LogP contribution in [-0.4, -0.2) is 16.7 Å². The summed E-state index contributed by atoms with van der Waals surface area (Å²) in [4.78, 5) is 3.20. The van der Waals surface area contributed by atoms with Crippen LogP contribution in [0, 0.1) is 0 Å². The molecule has 0 amide bonds. The Morgan fingerprint density at radius 2 is 2.14 bits per heavy atom. The highest BCUT2D eigenvalue weighted by atomic mass is 16.3. The predicted molar refractivity (Wildman–Crippen MR) is 56.3 cm³/mol. The highest BCUT2D eigenvalue weighted by Crippen LogP contribution is 2.49. The van der Waals surface area contributed by atoms with Gasteiger partial charge in [-0.1, -0.05) is 12.1 Å². The summed E-state index contributed by atoms with van der Waals surface area (Å²) in [5, 5.41) is 10.7. The number of hydrogen-bond donors (Lipinski definition) is 2. The van der Waals surface area contributed by atoms with Gasteiger partial charge in [-0.05, 0) is 30.5 Å². The van der Waals surface area contributed by atoms with Gasteiger partial charge in [-0.25, -0.2) is 0 Å². The fraction of sp³-hybridized carbons (Fsp3) is 0.333. The molecule has 1 aromatic carbocycles. The number of rotatable bonds is 2. The van der Waals surface area contributed by atoms with Crippen molar-refractivity contribution in [1.82, 2.24) is 4.98 Å². The van der Waals surface area contributed by atoms with E-state index < -0.39 is 0 Å². The molecule has 0 saturated heterocycles. The number of aromatic nitrogens is 1. The minimum absolute atomic E-state index is 0.0711. The van der Waals surface area contributed by atoms with Crippen LogP contribution < -0.4 is 0 Å². The Kier molecular flexibility index (Phi) is 1.50. The monoisotopic (exact) mass is 187 g/mol. The first-order valence-corrected chi connectivity index (χ1v) is 5.03. The van der Waals surface area contributed by atoms with Crippen molar-refractivity contribution >= 4 is 10.9 Å². The molecule has 2 heteroatoms. The van der Waals surface area contributed by atoms with Crippen LogP contribution in [0.4, 0.5) is 0 Å². The summed E-state index contributed by atoms with van der Waals surface area (Å²) in [5.74, 6) is 0. The van der Waals surface area contributed by atoms with E-state index in [4.69, 9.17) is 0 Å². The van der Waals surface area contributed by atoms with Gasteiger partial charge in [0.2, 0.25) is 0 Å². The first-order valence-electron chi connectivity index (χ1n) is 5.03. The fourth-order valence-corrected chi connectivity index (χ4v) is 2.21. The average molecular weight is 187 g/mol. The number of aliphatic hydroxyl groups is 1. The van der Waals surface area contributed by atoms with Gasteiger partial charge in [0, 0.05) is 22.5 Å². The summed E-state index contributed by atoms with van der Waals surface area (Å²) in [5.41, 5.74) is 2.54. The van der Waals surface area contributed by atoms with Crippen molar-refractivity contribution in [1.29, 1.82) is 0 Å². The van der Waals surface area contributed by atoms with E-state index in [1.54, 1.807) is 0 Å². The minimum atomic E-state index is 0.0711. The van der Waals surface area contributed by atoms with Gasteiger partial charge in [0.05, 0.1) is 6.61 Å². The normalized spacial score (nSPS) is 18.6. The summed E-state index contributed by atoms with van der Waals surface area (Å²) in [6.07, 6.45) is 4.20. The van der Waals surface area contributed by atoms with E-state index in [9.17, 15) is 5.11 Å². The lowest BCUT2D eigenvalue weighted by Crippen LogP contribution is -2.11. The number of hydrogen-bond acceptors (Lipinski definition) is 1. The van der Waals surface area contributed by atoms with Crippen molar-refractivity contribution < 1.29 is 5.11 Å². The third-order valence-electron chi connectivity index (χ3n) is 3.32. The zero-order valence-corrected chi connectivity index (χ0v) is 7.96. The molecule has 0 bridgehead atoms. The van der Waals surface area contributed by atoms with Gasteiger partial charge in [0.15, 0.2) is 0 Å². The first-order chi connectivity index (χ1) is 6.86. The predicted octanol–water partition coefficient (Wildman–Crippen LogP) is 2.19. The third-order valence-corrected chi connectivity index (χ3v) is 3.32. The lowest BCUT2D eigenvalue weighted by molar-refractivity contribution is 0.256. The molecule has 0 unspecified atom stereocenters. The van der Waals surface area contributed by atoms with Crippen molar-refractivity contribution in [2.24, 2.45) is 0 Å². The topological polar surface area (TPSA) is 36.0 Å². The standard InChI is InChI=1S/C12H13NO/c14-8-12(5-6-12)10-2-1-3-11-9(10)4-7-13-11/h1-4,7,13-14H,5-6,8H2. The zero-order valence-electron chi connectivity index (χ0n) is 7.96. The Morgan fingerprint density at radius 3 is 2.86 bits per heavy atom. The molecule has 2 aromatic rings. The first kappa shape index (κ1) is 8.06. The molecule has 1 fully saturated rings. The van der Waals surface area contributed by atoms with E-state index in [1.807, 2.05) is 6.20 Å². The molecule has 72 valence electrons. The van der Waals surface area contributed by atoms with Crippen LogP contribution >= 0.6 is 0 Å². The van der Waals surface area contributed by atoms with Gasteiger partial charge in [-0.2, -0.15) is 0 Å². The van der Waals surface area contributed by atoms with E-state index in [0.717, 1.165) is 12.8 Å². The Hall–Kier alpha value is -1.28. The molecule has 0 atom stereocenters. The summed E-state index contributed by atoms with van der Waals surface area (Å²) < 4.78 is 0. The van der Waals surface area contributed by atoms with Crippen molar-refractivity contribution in [3.63, 3.8) is 0 Å². The van der Waals surface area contributed by atoms with Crippen LogP contribution in [0.1, 0.15) is 18.4 Å². The molecule has 1 aliphatic carbocycles. The van der Waals surface area contributed by atoms with Gasteiger partial charge >= 0.3 is 0 Å². The number of aromatic amines is 1. The van der Waals surface area contributed by atoms with Gasteiger partial charge in [-0.15, -0.1) is 0 Å². The lowest BCUT2D eigenvalue weighted by Gasteiger charge is -2.13. The summed E-state index contributed by atoms with van der Waals surface area (Å²) >= 11 is 0. The molecule has 2 N–H and O–H groups in total. The molecule has 1 aliphatic rings. The lowest BCUT2D eigenvalue weighted by atomic mass is 9.94. The van der Waals surface area contributed by atoms with E-state index in [-0.39, 0.29) is 12.0 Å². The van der Waals surface area contributed by atoms with Crippen molar-refractivity contribution in [2.45, 2.75) is 18.3 Å². The molecule has 2 nitrogen and oxygen atoms in total. The highest BCUT2D eigenvalue weighted by Gasteiger charge is 2.44. The van der Waals surface area contributed by atoms with Crippen molar-refractivity contribution in [3.05, 3.63) is 36.0 Å².